The summed E-state index contributed by atoms with van der Waals surface area (Å²) in [4.78, 5) is 36.5. The molecule has 0 saturated carbocycles. The van der Waals surface area contributed by atoms with Crippen molar-refractivity contribution in [3.05, 3.63) is 33.2 Å². The van der Waals surface area contributed by atoms with Gasteiger partial charge in [0.05, 0.1) is 11.3 Å². The quantitative estimate of drug-likeness (QED) is 0.729. The zero-order chi connectivity index (χ0) is 18.1. The Morgan fingerprint density at radius 1 is 1.58 bits per heavy atom. The van der Waals surface area contributed by atoms with Crippen LogP contribution < -0.4 is 5.56 Å². The third kappa shape index (κ3) is 1.43. The van der Waals surface area contributed by atoms with Gasteiger partial charge in [0.15, 0.2) is 11.4 Å². The Morgan fingerprint density at radius 3 is 3.11 bits per heavy atom. The van der Waals surface area contributed by atoms with Crippen LogP contribution in [0.5, 0.6) is 0 Å². The summed E-state index contributed by atoms with van der Waals surface area (Å²) in [6, 6.07) is 1.02. The number of esters is 1. The number of aliphatic hydroxyl groups is 1. The molecule has 2 aliphatic heterocycles. The highest BCUT2D eigenvalue weighted by molar-refractivity contribution is 5.97. The van der Waals surface area contributed by atoms with Crippen LogP contribution in [0, 0.1) is 0 Å². The van der Waals surface area contributed by atoms with Crippen LogP contribution in [-0.4, -0.2) is 21.4 Å². The van der Waals surface area contributed by atoms with E-state index in [0.717, 1.165) is 10.6 Å². The van der Waals surface area contributed by atoms with Crippen LogP contribution in [0.25, 0.3) is 0 Å². The molecule has 1 N–H and O–H groups in total. The van der Waals surface area contributed by atoms with Crippen molar-refractivity contribution in [2.75, 3.05) is 0 Å². The average Bonchev–Trinajstić information content (AvgIpc) is 2.84. The van der Waals surface area contributed by atoms with Crippen molar-refractivity contribution in [3.8, 4) is 0 Å². The normalized spacial score (nSPS) is 30.3. The van der Waals surface area contributed by atoms with E-state index in [2.05, 4.69) is 0 Å². The zero-order valence-electron chi connectivity index (χ0n) is 14.7. The van der Waals surface area contributed by atoms with Gasteiger partial charge >= 0.3 is 5.97 Å². The van der Waals surface area contributed by atoms with Gasteiger partial charge in [-0.1, -0.05) is 6.85 Å². The van der Waals surface area contributed by atoms with Gasteiger partial charge in [0.2, 0.25) is 0 Å². The molecule has 19 heavy (non-hydrogen) atoms. The molecule has 3 rings (SSSR count). The first-order chi connectivity index (χ1) is 10.9. The first kappa shape index (κ1) is 7.59. The van der Waals surface area contributed by atoms with Crippen molar-refractivity contribution in [1.29, 1.82) is 0 Å². The van der Waals surface area contributed by atoms with Gasteiger partial charge in [0.1, 0.15) is 6.61 Å². The van der Waals surface area contributed by atoms with Crippen molar-refractivity contribution in [2.45, 2.75) is 38.4 Å². The van der Waals surface area contributed by atoms with E-state index >= 15 is 0 Å². The van der Waals surface area contributed by atoms with Gasteiger partial charge in [-0.15, -0.1) is 0 Å². The van der Waals surface area contributed by atoms with Crippen LogP contribution in [-0.2, 0) is 28.3 Å². The van der Waals surface area contributed by atoms with Crippen molar-refractivity contribution in [3.63, 3.8) is 0 Å². The number of nitrogens with zero attached hydrogens (tertiary/aromatic N) is 1. The van der Waals surface area contributed by atoms with Crippen LogP contribution >= 0.6 is 0 Å². The molecule has 1 aromatic heterocycles. The molecule has 3 heterocycles. The van der Waals surface area contributed by atoms with Gasteiger partial charge in [-0.2, -0.15) is 0 Å². The first-order valence-electron chi connectivity index (χ1n) is 8.13. The largest absolute Gasteiger partial charge is 0.458 e. The van der Waals surface area contributed by atoms with E-state index in [-0.39, 0.29) is 24.2 Å². The second kappa shape index (κ2) is 3.77. The molecule has 0 aliphatic carbocycles. The maximum atomic E-state index is 12.5. The number of ketones is 1. The van der Waals surface area contributed by atoms with E-state index in [1.807, 2.05) is 0 Å². The van der Waals surface area contributed by atoms with Crippen LogP contribution in [0.4, 0.5) is 0 Å². The second-order valence-electron chi connectivity index (χ2n) is 4.46. The minimum atomic E-state index is -3.43. The number of ether oxygens (including phenoxy) is 1. The van der Waals surface area contributed by atoms with Gasteiger partial charge < -0.3 is 14.4 Å². The van der Waals surface area contributed by atoms with E-state index in [9.17, 15) is 19.5 Å². The Balaban J connectivity index is 2.36. The maximum absolute atomic E-state index is 12.5. The molecule has 6 nitrogen and oxygen atoms in total. The number of cyclic esters (lactones) is 1. The molecule has 1 atom stereocenters. The Labute approximate surface area is 115 Å². The van der Waals surface area contributed by atoms with Crippen molar-refractivity contribution >= 4 is 11.8 Å². The third-order valence-electron chi connectivity index (χ3n) is 3.46. The van der Waals surface area contributed by atoms with Gasteiger partial charge in [-0.3, -0.25) is 9.59 Å². The van der Waals surface area contributed by atoms with Gasteiger partial charge in [0, 0.05) is 25.4 Å². The summed E-state index contributed by atoms with van der Waals surface area (Å²) in [6.07, 6.45) is -3.38. The Morgan fingerprint density at radius 2 is 2.37 bits per heavy atom. The number of pyridine rings is 1. The molecule has 0 saturated heterocycles. The molecule has 0 amide bonds. The molecule has 0 unspecified atom stereocenters. The summed E-state index contributed by atoms with van der Waals surface area (Å²) in [5.74, 6) is -1.92. The van der Waals surface area contributed by atoms with E-state index in [0.29, 0.717) is 0 Å². The molecule has 2 aliphatic rings. The SMILES string of the molecule is [2H]C([2H])([2H])C([2H])([2H])[C@@]1(O)C(=O)OCc2c1cc1n(c2=O)CCC1=O. The smallest absolute Gasteiger partial charge is 0.343 e. The Kier molecular flexibility index (Phi) is 1.51. The monoisotopic (exact) mass is 268 g/mol. The van der Waals surface area contributed by atoms with Crippen LogP contribution in [0.15, 0.2) is 10.9 Å². The molecular formula is C13H13NO5. The van der Waals surface area contributed by atoms with Crippen LogP contribution in [0.1, 0.15) is 48.1 Å². The number of fused-ring (bicyclic) bond motifs is 2. The predicted molar refractivity (Wildman–Crippen MR) is 63.6 cm³/mol. The zero-order valence-corrected chi connectivity index (χ0v) is 9.73. The first-order valence-corrected chi connectivity index (χ1v) is 5.63. The van der Waals surface area contributed by atoms with E-state index in [1.54, 1.807) is 0 Å². The number of carbonyl (C=O) groups excluding carboxylic acids is 2. The fourth-order valence-electron chi connectivity index (χ4n) is 2.42. The lowest BCUT2D eigenvalue weighted by molar-refractivity contribution is -0.172. The number of Topliss-reactive ketones (excluding diaryl/α,β-unsaturated/α-hetero) is 1. The molecule has 1 aromatic rings. The highest BCUT2D eigenvalue weighted by atomic mass is 16.6. The lowest BCUT2D eigenvalue weighted by Crippen LogP contribution is -2.44. The molecule has 0 aromatic carbocycles. The summed E-state index contributed by atoms with van der Waals surface area (Å²) in [7, 11) is 0. The van der Waals surface area contributed by atoms with Crippen molar-refractivity contribution < 1.29 is 26.3 Å². The number of carbonyl (C=O) groups is 2. The summed E-state index contributed by atoms with van der Waals surface area (Å²) in [5, 5.41) is 10.7. The summed E-state index contributed by atoms with van der Waals surface area (Å²) in [5.41, 5.74) is -4.77. The summed E-state index contributed by atoms with van der Waals surface area (Å²) in [6.45, 7) is -3.78. The van der Waals surface area contributed by atoms with Crippen LogP contribution in [0.2, 0.25) is 0 Å². The van der Waals surface area contributed by atoms with E-state index in [1.165, 1.54) is 0 Å². The van der Waals surface area contributed by atoms with Gasteiger partial charge in [0.25, 0.3) is 5.56 Å². The Hall–Kier alpha value is -1.95. The maximum Gasteiger partial charge on any atom is 0.343 e. The predicted octanol–water partition coefficient (Wildman–Crippen LogP) is 0.0891. The number of rotatable bonds is 1. The Bertz CT molecular complexity index is 827. The standard InChI is InChI=1S/C13H13NO5/c1-2-13(18)8-5-9-10(15)3-4-14(9)11(16)7(8)6-19-12(13)17/h5,18H,2-4,6H2,1H3/t13-/m0/s1/i1D3,2D2. The molecule has 0 fully saturated rings. The van der Waals surface area contributed by atoms with Crippen LogP contribution in [0.3, 0.4) is 0 Å². The number of aromatic nitrogens is 1. The second-order valence-corrected chi connectivity index (χ2v) is 4.46. The minimum Gasteiger partial charge on any atom is -0.458 e. The number of hydrogen-bond donors (Lipinski definition) is 1. The fourth-order valence-corrected chi connectivity index (χ4v) is 2.42. The van der Waals surface area contributed by atoms with Gasteiger partial charge in [-0.05, 0) is 12.4 Å². The summed E-state index contributed by atoms with van der Waals surface area (Å²) >= 11 is 0. The number of hydrogen-bond acceptors (Lipinski definition) is 5. The van der Waals surface area contributed by atoms with Gasteiger partial charge in [-0.25, -0.2) is 4.79 Å². The molecule has 0 radical (unpaired) electrons. The lowest BCUT2D eigenvalue weighted by Gasteiger charge is -2.31. The molecule has 0 bridgehead atoms. The minimum absolute atomic E-state index is 0.0531. The molecular weight excluding hydrogens is 250 g/mol. The average molecular weight is 268 g/mol. The molecule has 100 valence electrons. The molecule has 6 heteroatoms. The van der Waals surface area contributed by atoms with Crippen molar-refractivity contribution in [1.82, 2.24) is 4.57 Å². The molecule has 0 spiro atoms. The van der Waals surface area contributed by atoms with E-state index < -0.39 is 48.3 Å². The highest BCUT2D eigenvalue weighted by Gasteiger charge is 2.45. The van der Waals surface area contributed by atoms with E-state index in [4.69, 9.17) is 11.6 Å². The topological polar surface area (TPSA) is 85.6 Å². The lowest BCUT2D eigenvalue weighted by atomic mass is 9.86. The highest BCUT2D eigenvalue weighted by Crippen LogP contribution is 2.34. The fraction of sp³-hybridized carbons (Fsp3) is 0.462. The van der Waals surface area contributed by atoms with Crippen molar-refractivity contribution in [2.24, 2.45) is 0 Å². The third-order valence-corrected chi connectivity index (χ3v) is 3.46. The summed E-state index contributed by atoms with van der Waals surface area (Å²) < 4.78 is 43.4.